The highest BCUT2D eigenvalue weighted by Gasteiger charge is 2.51. The number of phenols is 2. The number of rotatable bonds is 2. The summed E-state index contributed by atoms with van der Waals surface area (Å²) in [4.78, 5) is 58.3. The lowest BCUT2D eigenvalue weighted by atomic mass is 9.77. The van der Waals surface area contributed by atoms with E-state index in [0.29, 0.717) is 31.6 Å². The van der Waals surface area contributed by atoms with Crippen LogP contribution in [0.3, 0.4) is 0 Å². The van der Waals surface area contributed by atoms with Gasteiger partial charge in [0.1, 0.15) is 40.3 Å². The molecule has 0 radical (unpaired) electrons. The molecule has 7 bridgehead atoms. The van der Waals surface area contributed by atoms with Crippen LogP contribution in [0.5, 0.6) is 17.2 Å². The van der Waals surface area contributed by atoms with Crippen molar-refractivity contribution in [3.8, 4) is 17.2 Å². The van der Waals surface area contributed by atoms with Crippen LogP contribution in [0.25, 0.3) is 10.8 Å². The number of aromatic hydroxyl groups is 2. The van der Waals surface area contributed by atoms with Crippen LogP contribution >= 0.6 is 0 Å². The van der Waals surface area contributed by atoms with Crippen molar-refractivity contribution < 1.29 is 53.0 Å². The number of hydrogen-bond acceptors (Lipinski definition) is 15. The van der Waals surface area contributed by atoms with Gasteiger partial charge in [-0.25, -0.2) is 19.3 Å². The van der Waals surface area contributed by atoms with Gasteiger partial charge in [0.2, 0.25) is 0 Å². The Hall–Kier alpha value is -5.62. The van der Waals surface area contributed by atoms with Gasteiger partial charge in [0, 0.05) is 92.6 Å². The third-order valence-corrected chi connectivity index (χ3v) is 13.8. The van der Waals surface area contributed by atoms with Crippen molar-refractivity contribution >= 4 is 34.2 Å². The number of carbonyl (C=O) groups is 3. The first-order chi connectivity index (χ1) is 30.7. The molecule has 1 aromatic heterocycles. The molecule has 17 heteroatoms. The van der Waals surface area contributed by atoms with Gasteiger partial charge in [0.25, 0.3) is 11.7 Å². The fourth-order valence-electron chi connectivity index (χ4n) is 10.0. The number of imidazole rings is 1. The van der Waals surface area contributed by atoms with E-state index in [2.05, 4.69) is 20.2 Å². The molecule has 3 N–H and O–H groups in total. The molecule has 17 nitrogen and oxygen atoms in total. The number of fused-ring (bicyclic) bond motifs is 9. The van der Waals surface area contributed by atoms with Crippen molar-refractivity contribution in [3.05, 3.63) is 76.7 Å². The number of piperidine rings is 1. The van der Waals surface area contributed by atoms with Crippen LogP contribution in [-0.2, 0) is 28.5 Å². The zero-order valence-corrected chi connectivity index (χ0v) is 38.9. The maximum Gasteiger partial charge on any atom is 0.419 e. The lowest BCUT2D eigenvalue weighted by Crippen LogP contribution is -2.56. The number of ketones is 1. The van der Waals surface area contributed by atoms with Gasteiger partial charge in [-0.15, -0.1) is 0 Å². The molecule has 0 unspecified atom stereocenters. The fraction of sp³-hybridized carbons (Fsp3) is 0.542. The quantitative estimate of drug-likeness (QED) is 0.259. The molecule has 3 aromatic rings. The molecular weight excluding hydrogens is 837 g/mol. The Morgan fingerprint density at radius 1 is 0.938 bits per heavy atom. The number of phenolic OH excluding ortho intramolecular Hbond substituents is 2. The van der Waals surface area contributed by atoms with Crippen LogP contribution in [0.2, 0.25) is 0 Å². The predicted molar refractivity (Wildman–Crippen MR) is 238 cm³/mol. The number of likely N-dealkylation sites (tertiary alicyclic amines) is 1. The molecule has 6 aliphatic rings. The first kappa shape index (κ1) is 45.9. The first-order valence-corrected chi connectivity index (χ1v) is 22.2. The van der Waals surface area contributed by atoms with Crippen molar-refractivity contribution in [3.63, 3.8) is 0 Å². The van der Waals surface area contributed by atoms with Crippen molar-refractivity contribution in [2.75, 3.05) is 32.6 Å². The third-order valence-electron chi connectivity index (χ3n) is 13.8. The van der Waals surface area contributed by atoms with Gasteiger partial charge in [-0.1, -0.05) is 45.9 Å². The Bertz CT molecular complexity index is 2630. The molecule has 1 amide bonds. The number of amides is 1. The van der Waals surface area contributed by atoms with E-state index in [-0.39, 0.29) is 67.6 Å². The van der Waals surface area contributed by atoms with Crippen LogP contribution in [0.1, 0.15) is 84.2 Å². The van der Waals surface area contributed by atoms with E-state index >= 15 is 0 Å². The van der Waals surface area contributed by atoms with Gasteiger partial charge in [-0.3, -0.25) is 14.6 Å². The second-order valence-corrected chi connectivity index (χ2v) is 18.9. The smallest absolute Gasteiger partial charge is 0.419 e. The van der Waals surface area contributed by atoms with E-state index in [1.54, 1.807) is 32.1 Å². The molecule has 2 aromatic carbocycles. The van der Waals surface area contributed by atoms with E-state index in [9.17, 15) is 24.6 Å². The second-order valence-electron chi connectivity index (χ2n) is 18.9. The highest BCUT2D eigenvalue weighted by atomic mass is 16.7. The number of aromatic nitrogens is 2. The van der Waals surface area contributed by atoms with Crippen LogP contribution in [0.15, 0.2) is 64.8 Å². The number of Topliss-reactive ketones (excluding diaryl/α,β-unsaturated/α-hetero) is 1. The standard InChI is InChI=1S/C48H60N6O11/c1-24-13-12-14-25(2)44(58)50-36-35-34(51-48(52-35)16-19-53(10)20-17-48)31-32(38(36)56)37(55)27(4)42-33(31)43(57)47(9,65-42)61-22-15-30(60-11)26(3)40(62-45(59)54-21-18-49-23-54)29(6)41-28(5)39(24)63-46(7,8)64-41/h12-15,18,21-24,26,28-30,39-41,51,55-56H,16-17,19-20H2,1-11H3/b13-12+,22-15+,25-14-,50-36?/t24-,26+,28+,29-,30-,39-,40+,41+,47-/m0/s1. The van der Waals surface area contributed by atoms with Gasteiger partial charge in [0.15, 0.2) is 11.5 Å². The van der Waals surface area contributed by atoms with Gasteiger partial charge in [0.05, 0.1) is 41.2 Å². The van der Waals surface area contributed by atoms with Gasteiger partial charge < -0.3 is 48.9 Å². The maximum atomic E-state index is 14.8. The highest BCUT2D eigenvalue weighted by molar-refractivity contribution is 6.21. The van der Waals surface area contributed by atoms with Gasteiger partial charge in [-0.05, 0) is 40.8 Å². The molecule has 0 saturated carbocycles. The third kappa shape index (κ3) is 8.10. The van der Waals surface area contributed by atoms with Crippen molar-refractivity contribution in [2.24, 2.45) is 33.7 Å². The number of nitrogens with zero attached hydrogens (tertiary/aromatic N) is 5. The topological polar surface area (TPSA) is 205 Å². The van der Waals surface area contributed by atoms with E-state index in [4.69, 9.17) is 33.4 Å². The molecule has 2 fully saturated rings. The number of nitrogens with one attached hydrogen (secondary N) is 1. The summed E-state index contributed by atoms with van der Waals surface area (Å²) >= 11 is 0. The fourth-order valence-corrected chi connectivity index (χ4v) is 10.0. The lowest BCUT2D eigenvalue weighted by Gasteiger charge is -2.50. The number of hydrogen-bond donors (Lipinski definition) is 3. The van der Waals surface area contributed by atoms with Crippen LogP contribution < -0.4 is 20.8 Å². The zero-order valence-electron chi connectivity index (χ0n) is 38.9. The Labute approximate surface area is 377 Å². The van der Waals surface area contributed by atoms with Crippen LogP contribution in [0.4, 0.5) is 10.5 Å². The van der Waals surface area contributed by atoms with Gasteiger partial charge in [-0.2, -0.15) is 0 Å². The number of benzene rings is 2. The minimum absolute atomic E-state index is 0.0665. The SMILES string of the molecule is CO[C@H]1/C=C/O[C@@]2(C)Oc3c(C)c(O)c4c(O)c(c5c(c4c3C2=O)NC2(CCN(C)CC2)N=5)=NC(=O)/C(C)=C\C=C\[C@H](C)[C@@H]2OC(C)(C)O[C@@H]([C@@H](C)[C@H](OC(=O)n3ccnc3)[C@@H]1C)[C@@H]2C. The van der Waals surface area contributed by atoms with E-state index < -0.39 is 70.9 Å². The normalized spacial score (nSPS) is 32.9. The number of ether oxygens (including phenoxy) is 6. The van der Waals surface area contributed by atoms with Gasteiger partial charge >= 0.3 is 11.9 Å². The van der Waals surface area contributed by atoms with E-state index in [1.165, 1.54) is 43.6 Å². The number of carbonyl (C=O) groups excluding carboxylic acids is 3. The van der Waals surface area contributed by atoms with Crippen LogP contribution in [0, 0.1) is 30.6 Å². The molecule has 65 heavy (non-hydrogen) atoms. The monoisotopic (exact) mass is 896 g/mol. The summed E-state index contributed by atoms with van der Waals surface area (Å²) in [7, 11) is 3.55. The Balaban J connectivity index is 1.30. The second kappa shape index (κ2) is 17.0. The minimum Gasteiger partial charge on any atom is -0.507 e. The number of methoxy groups -OCH3 is 1. The van der Waals surface area contributed by atoms with Crippen molar-refractivity contribution in [1.82, 2.24) is 14.5 Å². The largest absolute Gasteiger partial charge is 0.507 e. The summed E-state index contributed by atoms with van der Waals surface area (Å²) < 4.78 is 39.4. The molecule has 7 heterocycles. The Morgan fingerprint density at radius 2 is 1.65 bits per heavy atom. The maximum absolute atomic E-state index is 14.8. The zero-order chi connectivity index (χ0) is 46.9. The van der Waals surface area contributed by atoms with Crippen LogP contribution in [-0.4, -0.2) is 111 Å². The van der Waals surface area contributed by atoms with Crippen molar-refractivity contribution in [1.29, 1.82) is 0 Å². The molecule has 2 saturated heterocycles. The molecular formula is C48H60N6O11. The van der Waals surface area contributed by atoms with E-state index in [0.717, 1.165) is 0 Å². The summed E-state index contributed by atoms with van der Waals surface area (Å²) in [5, 5.41) is 27.7. The van der Waals surface area contributed by atoms with Crippen molar-refractivity contribution in [2.45, 2.75) is 117 Å². The lowest BCUT2D eigenvalue weighted by molar-refractivity contribution is -0.336. The summed E-state index contributed by atoms with van der Waals surface area (Å²) in [5.41, 5.74) is 0.0136. The summed E-state index contributed by atoms with van der Waals surface area (Å²) in [6, 6.07) is 0. The highest BCUT2D eigenvalue weighted by Crippen LogP contribution is 2.51. The minimum atomic E-state index is -1.94. The summed E-state index contributed by atoms with van der Waals surface area (Å²) in [6.07, 6.45) is 10.9. The molecule has 9 rings (SSSR count). The average molecular weight is 897 g/mol. The average Bonchev–Trinajstić information content (AvgIpc) is 4.00. The number of anilines is 1. The molecule has 1 spiro atoms. The molecule has 348 valence electrons. The molecule has 0 aliphatic carbocycles. The molecule has 6 aliphatic heterocycles. The van der Waals surface area contributed by atoms with E-state index in [1.807, 2.05) is 54.7 Å². The number of allylic oxidation sites excluding steroid dienone is 2. The summed E-state index contributed by atoms with van der Waals surface area (Å²) in [5.74, 6) is -6.32. The molecule has 9 atom stereocenters. The Morgan fingerprint density at radius 3 is 2.32 bits per heavy atom. The first-order valence-electron chi connectivity index (χ1n) is 22.2. The Kier molecular flexibility index (Phi) is 12.0. The predicted octanol–water partition coefficient (Wildman–Crippen LogP) is 5.84. The summed E-state index contributed by atoms with van der Waals surface area (Å²) in [6.45, 7) is 17.7.